The lowest BCUT2D eigenvalue weighted by Crippen LogP contribution is -2.25. The van der Waals surface area contributed by atoms with Crippen LogP contribution in [0.3, 0.4) is 0 Å². The maximum absolute atomic E-state index is 11.9. The van der Waals surface area contributed by atoms with Crippen LogP contribution in [0.2, 0.25) is 0 Å². The van der Waals surface area contributed by atoms with Crippen molar-refractivity contribution < 1.29 is 19.0 Å². The molecule has 0 aliphatic rings. The number of benzene rings is 2. The van der Waals surface area contributed by atoms with Crippen molar-refractivity contribution >= 4 is 17.8 Å². The quantitative estimate of drug-likeness (QED) is 0.445. The second-order valence-corrected chi connectivity index (χ2v) is 6.82. The average molecular weight is 399 g/mol. The van der Waals surface area contributed by atoms with Gasteiger partial charge < -0.3 is 19.5 Å². The number of anilines is 1. The molecule has 0 atom stereocenters. The molecule has 0 aromatic heterocycles. The molecule has 29 heavy (non-hydrogen) atoms. The average Bonchev–Trinajstić information content (AvgIpc) is 2.73. The van der Waals surface area contributed by atoms with Gasteiger partial charge in [-0.3, -0.25) is 4.79 Å². The first-order chi connectivity index (χ1) is 14.0. The van der Waals surface area contributed by atoms with Crippen molar-refractivity contribution in [3.05, 3.63) is 48.0 Å². The highest BCUT2D eigenvalue weighted by Crippen LogP contribution is 2.27. The van der Waals surface area contributed by atoms with Crippen molar-refractivity contribution in [3.8, 4) is 17.2 Å². The van der Waals surface area contributed by atoms with Gasteiger partial charge >= 0.3 is 0 Å². The molecule has 1 amide bonds. The summed E-state index contributed by atoms with van der Waals surface area (Å²) in [6.07, 6.45) is 2.54. The molecule has 156 valence electrons. The third-order valence-electron chi connectivity index (χ3n) is 4.09. The van der Waals surface area contributed by atoms with Gasteiger partial charge in [0.1, 0.15) is 5.75 Å². The number of methoxy groups -OCH3 is 2. The van der Waals surface area contributed by atoms with Crippen molar-refractivity contribution in [2.75, 3.05) is 32.7 Å². The van der Waals surface area contributed by atoms with Crippen molar-refractivity contribution in [3.63, 3.8) is 0 Å². The summed E-state index contributed by atoms with van der Waals surface area (Å²) in [5.74, 6) is 2.41. The number of hydrazone groups is 1. The molecule has 0 bridgehead atoms. The maximum atomic E-state index is 11.9. The Labute approximate surface area is 172 Å². The minimum Gasteiger partial charge on any atom is -0.497 e. The van der Waals surface area contributed by atoms with Gasteiger partial charge in [0.2, 0.25) is 0 Å². The first kappa shape index (κ1) is 22.1. The van der Waals surface area contributed by atoms with E-state index in [1.807, 2.05) is 42.5 Å². The third kappa shape index (κ3) is 7.73. The molecule has 0 aliphatic heterocycles. The highest BCUT2D eigenvalue weighted by atomic mass is 16.5. The first-order valence-corrected chi connectivity index (χ1v) is 9.52. The molecule has 0 saturated heterocycles. The van der Waals surface area contributed by atoms with E-state index in [0.29, 0.717) is 24.0 Å². The number of rotatable bonds is 11. The number of carbonyl (C=O) groups excluding carboxylic acids is 1. The Kier molecular flexibility index (Phi) is 8.82. The zero-order chi connectivity index (χ0) is 21.1. The van der Waals surface area contributed by atoms with Gasteiger partial charge in [0.15, 0.2) is 11.5 Å². The van der Waals surface area contributed by atoms with Gasteiger partial charge in [-0.05, 0) is 60.4 Å². The number of amides is 1. The zero-order valence-corrected chi connectivity index (χ0v) is 17.4. The summed E-state index contributed by atoms with van der Waals surface area (Å²) in [7, 11) is 3.20. The van der Waals surface area contributed by atoms with E-state index >= 15 is 0 Å². The Balaban J connectivity index is 1.82. The van der Waals surface area contributed by atoms with Crippen LogP contribution in [0.4, 0.5) is 5.69 Å². The van der Waals surface area contributed by atoms with E-state index in [4.69, 9.17) is 14.2 Å². The summed E-state index contributed by atoms with van der Waals surface area (Å²) < 4.78 is 16.3. The minimum atomic E-state index is -0.252. The van der Waals surface area contributed by atoms with Crippen molar-refractivity contribution in [2.24, 2.45) is 11.0 Å². The van der Waals surface area contributed by atoms with E-state index in [9.17, 15) is 4.79 Å². The van der Waals surface area contributed by atoms with Crippen molar-refractivity contribution in [1.82, 2.24) is 5.43 Å². The van der Waals surface area contributed by atoms with Gasteiger partial charge in [-0.15, -0.1) is 0 Å². The highest BCUT2D eigenvalue weighted by molar-refractivity contribution is 5.84. The lowest BCUT2D eigenvalue weighted by molar-refractivity contribution is -0.119. The smallest absolute Gasteiger partial charge is 0.259 e. The van der Waals surface area contributed by atoms with Gasteiger partial charge in [-0.1, -0.05) is 13.8 Å². The molecule has 7 heteroatoms. The predicted molar refractivity (Wildman–Crippen MR) is 115 cm³/mol. The van der Waals surface area contributed by atoms with E-state index in [-0.39, 0.29) is 12.5 Å². The summed E-state index contributed by atoms with van der Waals surface area (Å²) in [6, 6.07) is 12.8. The SMILES string of the molecule is COc1ccc(NCC(=O)N/N=C\c2ccc(OCCC(C)C)c(OC)c2)cc1. The molecule has 2 rings (SSSR count). The zero-order valence-electron chi connectivity index (χ0n) is 17.4. The molecule has 0 unspecified atom stereocenters. The molecule has 0 heterocycles. The van der Waals surface area contributed by atoms with Crippen molar-refractivity contribution in [1.29, 1.82) is 0 Å². The first-order valence-electron chi connectivity index (χ1n) is 9.52. The molecule has 2 aromatic carbocycles. The van der Waals surface area contributed by atoms with Gasteiger partial charge in [0, 0.05) is 5.69 Å². The van der Waals surface area contributed by atoms with E-state index in [1.165, 1.54) is 0 Å². The largest absolute Gasteiger partial charge is 0.497 e. The number of nitrogens with zero attached hydrogens (tertiary/aromatic N) is 1. The standard InChI is InChI=1S/C22H29N3O4/c1-16(2)11-12-29-20-10-5-17(13-21(20)28-4)14-24-25-22(26)15-23-18-6-8-19(27-3)9-7-18/h5-10,13-14,16,23H,11-12,15H2,1-4H3,(H,25,26)/b24-14-. The van der Waals surface area contributed by atoms with Gasteiger partial charge in [0.25, 0.3) is 5.91 Å². The molecule has 2 aromatic rings. The van der Waals surface area contributed by atoms with Gasteiger partial charge in [-0.25, -0.2) is 5.43 Å². The second-order valence-electron chi connectivity index (χ2n) is 6.82. The van der Waals surface area contributed by atoms with E-state index in [0.717, 1.165) is 23.4 Å². The Morgan fingerprint density at radius 2 is 1.83 bits per heavy atom. The highest BCUT2D eigenvalue weighted by Gasteiger charge is 2.06. The molecular weight excluding hydrogens is 370 g/mol. The molecule has 0 spiro atoms. The lowest BCUT2D eigenvalue weighted by atomic mass is 10.1. The number of nitrogens with one attached hydrogen (secondary N) is 2. The molecule has 0 aliphatic carbocycles. The fourth-order valence-electron chi connectivity index (χ4n) is 2.40. The van der Waals surface area contributed by atoms with Crippen LogP contribution < -0.4 is 25.0 Å². The normalized spacial score (nSPS) is 10.8. The number of carbonyl (C=O) groups is 1. The fraction of sp³-hybridized carbons (Fsp3) is 0.364. The number of hydrogen-bond acceptors (Lipinski definition) is 6. The summed E-state index contributed by atoms with van der Waals surface area (Å²) in [6.45, 7) is 5.05. The van der Waals surface area contributed by atoms with Gasteiger partial charge in [-0.2, -0.15) is 5.10 Å². The number of hydrogen-bond donors (Lipinski definition) is 2. The Morgan fingerprint density at radius 1 is 1.07 bits per heavy atom. The van der Waals surface area contributed by atoms with Crippen LogP contribution in [0, 0.1) is 5.92 Å². The molecular formula is C22H29N3O4. The molecule has 0 radical (unpaired) electrons. The summed E-state index contributed by atoms with van der Waals surface area (Å²) in [5.41, 5.74) is 4.11. The van der Waals surface area contributed by atoms with Crippen LogP contribution >= 0.6 is 0 Å². The maximum Gasteiger partial charge on any atom is 0.259 e. The monoisotopic (exact) mass is 399 g/mol. The van der Waals surface area contributed by atoms with Crippen LogP contribution in [0.1, 0.15) is 25.8 Å². The van der Waals surface area contributed by atoms with Gasteiger partial charge in [0.05, 0.1) is 33.6 Å². The Morgan fingerprint density at radius 3 is 2.48 bits per heavy atom. The lowest BCUT2D eigenvalue weighted by Gasteiger charge is -2.12. The summed E-state index contributed by atoms with van der Waals surface area (Å²) in [5, 5.41) is 7.01. The fourth-order valence-corrected chi connectivity index (χ4v) is 2.40. The van der Waals surface area contributed by atoms with Crippen LogP contribution in [-0.2, 0) is 4.79 Å². The molecule has 0 fully saturated rings. The van der Waals surface area contributed by atoms with Crippen molar-refractivity contribution in [2.45, 2.75) is 20.3 Å². The summed E-state index contributed by atoms with van der Waals surface area (Å²) >= 11 is 0. The van der Waals surface area contributed by atoms with E-state index in [2.05, 4.69) is 29.7 Å². The summed E-state index contributed by atoms with van der Waals surface area (Å²) in [4.78, 5) is 11.9. The number of ether oxygens (including phenoxy) is 3. The second kappa shape index (κ2) is 11.6. The van der Waals surface area contributed by atoms with Crippen LogP contribution in [0.5, 0.6) is 17.2 Å². The predicted octanol–water partition coefficient (Wildman–Crippen LogP) is 3.69. The van der Waals surface area contributed by atoms with Crippen LogP contribution in [0.25, 0.3) is 0 Å². The van der Waals surface area contributed by atoms with Crippen LogP contribution in [-0.4, -0.2) is 39.5 Å². The molecule has 7 nitrogen and oxygen atoms in total. The molecule has 2 N–H and O–H groups in total. The molecule has 0 saturated carbocycles. The van der Waals surface area contributed by atoms with E-state index in [1.54, 1.807) is 20.4 Å². The van der Waals surface area contributed by atoms with Crippen LogP contribution in [0.15, 0.2) is 47.6 Å². The topological polar surface area (TPSA) is 81.2 Å². The minimum absolute atomic E-state index is 0.107. The third-order valence-corrected chi connectivity index (χ3v) is 4.09. The Bertz CT molecular complexity index is 804. The Hall–Kier alpha value is -3.22. The van der Waals surface area contributed by atoms with E-state index < -0.39 is 0 Å².